The topological polar surface area (TPSA) is 46.6 Å². The van der Waals surface area contributed by atoms with E-state index in [1.807, 2.05) is 11.4 Å². The molecule has 0 bridgehead atoms. The smallest absolute Gasteiger partial charge is 0.315 e. The van der Waals surface area contributed by atoms with Crippen LogP contribution >= 0.6 is 34.5 Å². The highest BCUT2D eigenvalue weighted by Gasteiger charge is 2.69. The Morgan fingerprint density at radius 3 is 2.86 bits per heavy atom. The van der Waals surface area contributed by atoms with Crippen LogP contribution in [0.5, 0.6) is 0 Å². The summed E-state index contributed by atoms with van der Waals surface area (Å²) in [5, 5.41) is 2.03. The average molecular weight is 348 g/mol. The molecule has 0 spiro atoms. The summed E-state index contributed by atoms with van der Waals surface area (Å²) in [5.74, 6) is -0.687. The normalized spacial score (nSPS) is 26.1. The van der Waals surface area contributed by atoms with Crippen molar-refractivity contribution in [1.82, 2.24) is 4.90 Å². The van der Waals surface area contributed by atoms with E-state index in [0.717, 1.165) is 6.42 Å². The highest BCUT2D eigenvalue weighted by molar-refractivity contribution is 7.10. The lowest BCUT2D eigenvalue weighted by atomic mass is 10.1. The number of thiophene rings is 1. The second kappa shape index (κ2) is 5.14. The Labute approximate surface area is 137 Å². The summed E-state index contributed by atoms with van der Waals surface area (Å²) in [4.78, 5) is 27.1. The average Bonchev–Trinajstić information content (AvgIpc) is 2.79. The Morgan fingerprint density at radius 1 is 1.48 bits per heavy atom. The van der Waals surface area contributed by atoms with E-state index >= 15 is 0 Å². The lowest BCUT2D eigenvalue weighted by Crippen LogP contribution is -2.38. The van der Waals surface area contributed by atoms with Crippen molar-refractivity contribution in [3.63, 3.8) is 0 Å². The molecule has 21 heavy (non-hydrogen) atoms. The van der Waals surface area contributed by atoms with Crippen molar-refractivity contribution in [2.24, 2.45) is 5.41 Å². The zero-order valence-corrected chi connectivity index (χ0v) is 13.9. The molecule has 3 rings (SSSR count). The van der Waals surface area contributed by atoms with Crippen LogP contribution in [0.15, 0.2) is 11.4 Å². The number of fused-ring (bicyclic) bond motifs is 1. The molecular weight excluding hydrogens is 333 g/mol. The molecule has 1 amide bonds. The molecule has 1 atom stereocenters. The third kappa shape index (κ3) is 2.67. The van der Waals surface area contributed by atoms with E-state index in [9.17, 15) is 9.59 Å². The maximum atomic E-state index is 12.1. The number of carbonyl (C=O) groups is 2. The van der Waals surface area contributed by atoms with Gasteiger partial charge in [-0.15, -0.1) is 34.5 Å². The monoisotopic (exact) mass is 347 g/mol. The van der Waals surface area contributed by atoms with Gasteiger partial charge in [0.25, 0.3) is 5.91 Å². The molecule has 2 heterocycles. The number of nitrogens with zero attached hydrogens (tertiary/aromatic N) is 1. The van der Waals surface area contributed by atoms with Gasteiger partial charge in [-0.05, 0) is 30.4 Å². The van der Waals surface area contributed by atoms with E-state index in [1.54, 1.807) is 23.2 Å². The van der Waals surface area contributed by atoms with Gasteiger partial charge in [0.05, 0.1) is 0 Å². The minimum atomic E-state index is -1.07. The first kappa shape index (κ1) is 15.1. The molecular formula is C14H15Cl2NO3S. The molecule has 4 nitrogen and oxygen atoms in total. The lowest BCUT2D eigenvalue weighted by Gasteiger charge is -2.27. The van der Waals surface area contributed by atoms with Gasteiger partial charge in [-0.1, -0.05) is 0 Å². The molecule has 114 valence electrons. The van der Waals surface area contributed by atoms with Gasteiger partial charge in [0.15, 0.2) is 6.61 Å². The van der Waals surface area contributed by atoms with E-state index in [0.29, 0.717) is 19.5 Å². The van der Waals surface area contributed by atoms with Gasteiger partial charge in [-0.25, -0.2) is 0 Å². The summed E-state index contributed by atoms with van der Waals surface area (Å²) in [7, 11) is 0. The minimum absolute atomic E-state index is 0.181. The second-order valence-corrected chi connectivity index (χ2v) is 8.21. The number of hydrogen-bond acceptors (Lipinski definition) is 4. The van der Waals surface area contributed by atoms with Crippen LogP contribution in [0, 0.1) is 5.41 Å². The molecule has 7 heteroatoms. The van der Waals surface area contributed by atoms with Crippen LogP contribution in [0.3, 0.4) is 0 Å². The lowest BCUT2D eigenvalue weighted by molar-refractivity contribution is -0.156. The maximum Gasteiger partial charge on any atom is 0.315 e. The quantitative estimate of drug-likeness (QED) is 0.623. The zero-order chi connectivity index (χ0) is 15.3. The van der Waals surface area contributed by atoms with E-state index in [-0.39, 0.29) is 12.5 Å². The molecule has 0 aromatic carbocycles. The first-order valence-corrected chi connectivity index (χ1v) is 8.35. The molecule has 1 aromatic heterocycles. The molecule has 0 N–H and O–H groups in total. The van der Waals surface area contributed by atoms with Crippen LogP contribution < -0.4 is 0 Å². The fourth-order valence-corrected chi connectivity index (χ4v) is 4.04. The molecule has 0 saturated heterocycles. The van der Waals surface area contributed by atoms with Crippen molar-refractivity contribution in [3.8, 4) is 0 Å². The van der Waals surface area contributed by atoms with Gasteiger partial charge in [0.1, 0.15) is 9.75 Å². The Hall–Kier alpha value is -0.780. The largest absolute Gasteiger partial charge is 0.455 e. The highest BCUT2D eigenvalue weighted by atomic mass is 35.5. The van der Waals surface area contributed by atoms with Crippen molar-refractivity contribution < 1.29 is 14.3 Å². The summed E-state index contributed by atoms with van der Waals surface area (Å²) in [5.41, 5.74) is 0.291. The molecule has 1 saturated carbocycles. The van der Waals surface area contributed by atoms with Crippen LogP contribution in [-0.2, 0) is 27.3 Å². The third-order valence-electron chi connectivity index (χ3n) is 4.20. The second-order valence-electron chi connectivity index (χ2n) is 5.72. The standard InChI is InChI=1S/C14H15Cl2NO3S/c1-13(8-14(13,15)16)12(19)20-7-11(18)17-4-2-10-9(6-17)3-5-21-10/h3,5H,2,4,6-8H2,1H3. The van der Waals surface area contributed by atoms with Crippen LogP contribution in [0.1, 0.15) is 23.8 Å². The Morgan fingerprint density at radius 2 is 2.19 bits per heavy atom. The summed E-state index contributed by atoms with van der Waals surface area (Å²) in [6.45, 7) is 2.65. The molecule has 1 aliphatic carbocycles. The fourth-order valence-electron chi connectivity index (χ4n) is 2.46. The summed E-state index contributed by atoms with van der Waals surface area (Å²) < 4.78 is 4.03. The number of carbonyl (C=O) groups excluding carboxylic acids is 2. The first-order valence-electron chi connectivity index (χ1n) is 6.71. The van der Waals surface area contributed by atoms with Crippen molar-refractivity contribution in [3.05, 3.63) is 21.9 Å². The van der Waals surface area contributed by atoms with Gasteiger partial charge in [-0.3, -0.25) is 9.59 Å². The van der Waals surface area contributed by atoms with E-state index in [4.69, 9.17) is 27.9 Å². The zero-order valence-electron chi connectivity index (χ0n) is 11.5. The molecule has 1 aliphatic heterocycles. The number of alkyl halides is 2. The van der Waals surface area contributed by atoms with Crippen LogP contribution in [0.4, 0.5) is 0 Å². The molecule has 1 fully saturated rings. The van der Waals surface area contributed by atoms with Gasteiger partial charge in [-0.2, -0.15) is 0 Å². The van der Waals surface area contributed by atoms with Crippen LogP contribution in [0.2, 0.25) is 0 Å². The van der Waals surface area contributed by atoms with Gasteiger partial charge in [0.2, 0.25) is 0 Å². The number of rotatable bonds is 3. The van der Waals surface area contributed by atoms with Crippen molar-refractivity contribution in [2.75, 3.05) is 13.2 Å². The summed E-state index contributed by atoms with van der Waals surface area (Å²) in [6.07, 6.45) is 1.22. The summed E-state index contributed by atoms with van der Waals surface area (Å²) in [6, 6.07) is 2.03. The fraction of sp³-hybridized carbons (Fsp3) is 0.571. The SMILES string of the molecule is CC1(C(=O)OCC(=O)N2CCc3sccc3C2)CC1(Cl)Cl. The molecule has 0 radical (unpaired) electrons. The van der Waals surface area contributed by atoms with E-state index in [1.165, 1.54) is 10.4 Å². The van der Waals surface area contributed by atoms with Crippen molar-refractivity contribution in [2.45, 2.75) is 30.6 Å². The Balaban J connectivity index is 1.53. The highest BCUT2D eigenvalue weighted by Crippen LogP contribution is 2.64. The Kier molecular flexibility index (Phi) is 3.71. The molecule has 1 aromatic rings. The van der Waals surface area contributed by atoms with Gasteiger partial charge >= 0.3 is 5.97 Å². The summed E-state index contributed by atoms with van der Waals surface area (Å²) >= 11 is 13.6. The third-order valence-corrected chi connectivity index (χ3v) is 6.32. The predicted octanol–water partition coefficient (Wildman–Crippen LogP) is 2.76. The van der Waals surface area contributed by atoms with Crippen molar-refractivity contribution >= 4 is 46.4 Å². The van der Waals surface area contributed by atoms with E-state index in [2.05, 4.69) is 0 Å². The van der Waals surface area contributed by atoms with Crippen LogP contribution in [0.25, 0.3) is 0 Å². The van der Waals surface area contributed by atoms with Crippen molar-refractivity contribution in [1.29, 1.82) is 0 Å². The predicted molar refractivity (Wildman–Crippen MR) is 81.6 cm³/mol. The number of ether oxygens (including phenoxy) is 1. The first-order chi connectivity index (χ1) is 9.83. The van der Waals surface area contributed by atoms with E-state index < -0.39 is 15.7 Å². The number of esters is 1. The van der Waals surface area contributed by atoms with Gasteiger partial charge < -0.3 is 9.64 Å². The Bertz CT molecular complexity index is 601. The maximum absolute atomic E-state index is 12.1. The number of halogens is 2. The molecule has 2 aliphatic rings. The number of amides is 1. The number of hydrogen-bond donors (Lipinski definition) is 0. The molecule has 1 unspecified atom stereocenters. The van der Waals surface area contributed by atoms with Gasteiger partial charge in [0, 0.05) is 24.4 Å². The van der Waals surface area contributed by atoms with Crippen LogP contribution in [-0.4, -0.2) is 34.3 Å². The minimum Gasteiger partial charge on any atom is -0.455 e.